The summed E-state index contributed by atoms with van der Waals surface area (Å²) >= 11 is 12.5. The van der Waals surface area contributed by atoms with Gasteiger partial charge in [-0.3, -0.25) is 9.59 Å². The van der Waals surface area contributed by atoms with E-state index in [0.717, 1.165) is 5.56 Å². The third-order valence-corrected chi connectivity index (χ3v) is 11.0. The van der Waals surface area contributed by atoms with Gasteiger partial charge in [0.25, 0.3) is 0 Å². The van der Waals surface area contributed by atoms with Gasteiger partial charge in [0.05, 0.1) is 32.3 Å². The zero-order valence-corrected chi connectivity index (χ0v) is 23.6. The van der Waals surface area contributed by atoms with Gasteiger partial charge in [0, 0.05) is 24.0 Å². The normalized spacial score (nSPS) is 22.4. The predicted molar refractivity (Wildman–Crippen MR) is 148 cm³/mol. The fourth-order valence-corrected chi connectivity index (χ4v) is 7.83. The van der Waals surface area contributed by atoms with Crippen molar-refractivity contribution >= 4 is 44.9 Å². The molecule has 0 spiro atoms. The van der Waals surface area contributed by atoms with Gasteiger partial charge in [-0.05, 0) is 74.1 Å². The molecule has 3 fully saturated rings. The zero-order valence-electron chi connectivity index (χ0n) is 21.3. The first-order valence-electron chi connectivity index (χ1n) is 12.9. The zero-order chi connectivity index (χ0) is 28.3. The molecule has 1 N–H and O–H groups in total. The molecule has 2 saturated carbocycles. The van der Waals surface area contributed by atoms with Crippen molar-refractivity contribution in [2.45, 2.75) is 59.2 Å². The van der Waals surface area contributed by atoms with Crippen molar-refractivity contribution < 1.29 is 18.0 Å². The number of likely N-dealkylation sites (tertiary alicyclic amines) is 1. The molecule has 3 aromatic rings. The van der Waals surface area contributed by atoms with Crippen LogP contribution in [0.2, 0.25) is 10.0 Å². The average Bonchev–Trinajstić information content (AvgIpc) is 3.78. The largest absolute Gasteiger partial charge is 0.336 e. The van der Waals surface area contributed by atoms with Gasteiger partial charge in [0.15, 0.2) is 9.84 Å². The number of benzene rings is 2. The fraction of sp³-hybridized carbons (Fsp3) is 0.357. The molecule has 9 nitrogen and oxygen atoms in total. The molecule has 6 rings (SSSR count). The van der Waals surface area contributed by atoms with Crippen molar-refractivity contribution in [2.75, 3.05) is 6.54 Å². The number of rotatable bonds is 7. The summed E-state index contributed by atoms with van der Waals surface area (Å²) in [6, 6.07) is 14.4. The minimum absolute atomic E-state index is 0.0278. The molecule has 2 aliphatic carbocycles. The van der Waals surface area contributed by atoms with Crippen LogP contribution in [-0.4, -0.2) is 58.3 Å². The summed E-state index contributed by atoms with van der Waals surface area (Å²) in [6.45, 7) is -0.161. The maximum Gasteiger partial charge on any atom is 0.244 e. The monoisotopic (exact) mass is 597 g/mol. The number of aromatic nitrogens is 2. The summed E-state index contributed by atoms with van der Waals surface area (Å²) in [4.78, 5) is 28.8. The summed E-state index contributed by atoms with van der Waals surface area (Å²) in [7, 11) is -4.03. The van der Waals surface area contributed by atoms with Gasteiger partial charge in [0.1, 0.15) is 11.6 Å². The van der Waals surface area contributed by atoms with Crippen molar-refractivity contribution in [3.05, 3.63) is 76.5 Å². The smallest absolute Gasteiger partial charge is 0.244 e. The Hall–Kier alpha value is -3.39. The number of carbonyl (C=O) groups is 2. The van der Waals surface area contributed by atoms with Crippen molar-refractivity contribution in [2.24, 2.45) is 0 Å². The Kier molecular flexibility index (Phi) is 6.44. The van der Waals surface area contributed by atoms with E-state index in [9.17, 15) is 23.3 Å². The quantitative estimate of drug-likeness (QED) is 0.441. The van der Waals surface area contributed by atoms with Crippen LogP contribution >= 0.6 is 23.2 Å². The van der Waals surface area contributed by atoms with Crippen molar-refractivity contribution in [3.63, 3.8) is 0 Å². The molecule has 3 aliphatic rings. The molecular weight excluding hydrogens is 573 g/mol. The van der Waals surface area contributed by atoms with Crippen LogP contribution in [-0.2, 0) is 24.8 Å². The molecule has 1 aliphatic heterocycles. The summed E-state index contributed by atoms with van der Waals surface area (Å²) in [5, 5.41) is 15.9. The highest BCUT2D eigenvalue weighted by molar-refractivity contribution is 7.92. The van der Waals surface area contributed by atoms with E-state index < -0.39 is 38.0 Å². The fourth-order valence-electron chi connectivity index (χ4n) is 5.46. The number of nitriles is 1. The molecule has 206 valence electrons. The predicted octanol–water partition coefficient (Wildman–Crippen LogP) is 3.83. The molecule has 2 unspecified atom stereocenters. The molecule has 2 heterocycles. The van der Waals surface area contributed by atoms with Crippen molar-refractivity contribution in [1.82, 2.24) is 20.0 Å². The summed E-state index contributed by atoms with van der Waals surface area (Å²) in [5.41, 5.74) is -0.418. The van der Waals surface area contributed by atoms with Gasteiger partial charge in [-0.2, -0.15) is 10.4 Å². The summed E-state index contributed by atoms with van der Waals surface area (Å²) < 4.78 is 29.3. The molecule has 12 heteroatoms. The number of hydrogen-bond acceptors (Lipinski definition) is 6. The molecule has 1 saturated heterocycles. The van der Waals surface area contributed by atoms with Crippen LogP contribution in [0.5, 0.6) is 0 Å². The van der Waals surface area contributed by atoms with Crippen LogP contribution in [0.25, 0.3) is 5.69 Å². The lowest BCUT2D eigenvalue weighted by Crippen LogP contribution is -2.51. The van der Waals surface area contributed by atoms with Crippen LogP contribution in [0.4, 0.5) is 0 Å². The highest BCUT2D eigenvalue weighted by Gasteiger charge is 2.58. The van der Waals surface area contributed by atoms with E-state index in [0.29, 0.717) is 36.4 Å². The van der Waals surface area contributed by atoms with E-state index in [1.165, 1.54) is 17.0 Å². The second-order valence-corrected chi connectivity index (χ2v) is 13.8. The van der Waals surface area contributed by atoms with Gasteiger partial charge in [-0.25, -0.2) is 13.1 Å². The SMILES string of the molecule is N#CC1(NC(=O)C2CC(S(=O)(=O)c3ccc(-n4cccn4)cc3Cl)CN2C(=O)C2(c3ccc(Cl)cc3)CC2)CC1. The Morgan fingerprint density at radius 3 is 2.38 bits per heavy atom. The lowest BCUT2D eigenvalue weighted by Gasteiger charge is -2.29. The first-order chi connectivity index (χ1) is 19.1. The number of hydrogen-bond donors (Lipinski definition) is 1. The van der Waals surface area contributed by atoms with E-state index in [4.69, 9.17) is 23.2 Å². The second-order valence-electron chi connectivity index (χ2n) is 10.7. The highest BCUT2D eigenvalue weighted by atomic mass is 35.5. The van der Waals surface area contributed by atoms with Gasteiger partial charge < -0.3 is 10.2 Å². The topological polar surface area (TPSA) is 125 Å². The Labute approximate surface area is 241 Å². The third kappa shape index (κ3) is 4.56. The maximum atomic E-state index is 14.0. The second kappa shape index (κ2) is 9.61. The van der Waals surface area contributed by atoms with Gasteiger partial charge in [0.2, 0.25) is 11.8 Å². The standard InChI is InChI=1S/C28H25Cl2N5O4S/c29-19-4-2-18(3-5-19)28(10-11-28)26(37)34-16-21(15-23(34)25(36)33-27(17-31)8-9-27)40(38,39)24-7-6-20(14-22(24)30)35-13-1-12-32-35/h1-7,12-14,21,23H,8-11,15-16H2,(H,33,36). The molecular formula is C28H25Cl2N5O4S. The number of carbonyl (C=O) groups excluding carboxylic acids is 2. The summed E-state index contributed by atoms with van der Waals surface area (Å²) in [5.74, 6) is -0.813. The molecule has 1 aromatic heterocycles. The van der Waals surface area contributed by atoms with Crippen LogP contribution in [0.15, 0.2) is 65.8 Å². The van der Waals surface area contributed by atoms with Crippen molar-refractivity contribution in [1.29, 1.82) is 5.26 Å². The molecule has 40 heavy (non-hydrogen) atoms. The number of halogens is 2. The number of nitrogens with one attached hydrogen (secondary N) is 1. The Balaban J connectivity index is 1.32. The Bertz CT molecular complexity index is 1640. The molecule has 2 amide bonds. The Morgan fingerprint density at radius 2 is 1.80 bits per heavy atom. The molecule has 0 radical (unpaired) electrons. The van der Waals surface area contributed by atoms with Gasteiger partial charge >= 0.3 is 0 Å². The number of nitrogens with zero attached hydrogens (tertiary/aromatic N) is 4. The van der Waals surface area contributed by atoms with Crippen molar-refractivity contribution in [3.8, 4) is 11.8 Å². The lowest BCUT2D eigenvalue weighted by molar-refractivity contribution is -0.140. The van der Waals surface area contributed by atoms with Crippen LogP contribution in [0.1, 0.15) is 37.7 Å². The minimum Gasteiger partial charge on any atom is -0.336 e. The maximum absolute atomic E-state index is 14.0. The molecule has 0 bridgehead atoms. The van der Waals surface area contributed by atoms with Gasteiger partial charge in [-0.1, -0.05) is 35.3 Å². The highest BCUT2D eigenvalue weighted by Crippen LogP contribution is 2.51. The number of sulfone groups is 1. The van der Waals surface area contributed by atoms with E-state index in [-0.39, 0.29) is 28.8 Å². The van der Waals surface area contributed by atoms with Crippen LogP contribution < -0.4 is 5.32 Å². The third-order valence-electron chi connectivity index (χ3n) is 8.14. The minimum atomic E-state index is -4.03. The summed E-state index contributed by atoms with van der Waals surface area (Å²) in [6.07, 6.45) is 5.41. The van der Waals surface area contributed by atoms with E-state index in [1.807, 2.05) is 0 Å². The van der Waals surface area contributed by atoms with E-state index in [2.05, 4.69) is 16.5 Å². The van der Waals surface area contributed by atoms with E-state index in [1.54, 1.807) is 53.5 Å². The average molecular weight is 599 g/mol. The first kappa shape index (κ1) is 26.8. The molecule has 2 aromatic carbocycles. The number of amides is 2. The Morgan fingerprint density at radius 1 is 1.07 bits per heavy atom. The van der Waals surface area contributed by atoms with E-state index >= 15 is 0 Å². The lowest BCUT2D eigenvalue weighted by atomic mass is 9.94. The van der Waals surface area contributed by atoms with Gasteiger partial charge in [-0.15, -0.1) is 0 Å². The van der Waals surface area contributed by atoms with Crippen LogP contribution in [0.3, 0.4) is 0 Å². The van der Waals surface area contributed by atoms with Crippen LogP contribution in [0, 0.1) is 11.3 Å². The first-order valence-corrected chi connectivity index (χ1v) is 15.2. The molecule has 2 atom stereocenters.